The number of allylic oxidation sites excluding steroid dienone is 1. The standard InChI is InChI=1S/C18H17N5O/c1-3-13-14(4-2)22-23-16(17(24)21-18(23)20-13)9-11-10-19-15-8-6-5-7-12(11)15/h5-10,24H,3-4H2,1-2H3. The van der Waals surface area contributed by atoms with E-state index in [2.05, 4.69) is 20.1 Å². The first-order valence-electron chi connectivity index (χ1n) is 8.04. The molecular formula is C18H17N5O. The minimum atomic E-state index is -0.0735. The maximum atomic E-state index is 10.3. The second kappa shape index (κ2) is 5.56. The van der Waals surface area contributed by atoms with Gasteiger partial charge in [0.15, 0.2) is 0 Å². The van der Waals surface area contributed by atoms with Gasteiger partial charge in [-0.1, -0.05) is 32.0 Å². The number of rotatable bonds is 3. The van der Waals surface area contributed by atoms with E-state index in [-0.39, 0.29) is 5.88 Å². The molecule has 0 saturated heterocycles. The normalized spacial score (nSPS) is 14.7. The quantitative estimate of drug-likeness (QED) is 0.804. The van der Waals surface area contributed by atoms with Gasteiger partial charge in [0.05, 0.1) is 17.1 Å². The summed E-state index contributed by atoms with van der Waals surface area (Å²) in [6, 6.07) is 7.89. The van der Waals surface area contributed by atoms with E-state index in [1.54, 1.807) is 10.7 Å². The number of nitrogens with zero attached hydrogens (tertiary/aromatic N) is 5. The molecule has 1 aliphatic rings. The third-order valence-corrected chi connectivity index (χ3v) is 4.16. The van der Waals surface area contributed by atoms with Crippen LogP contribution in [0.4, 0.5) is 5.69 Å². The fourth-order valence-electron chi connectivity index (χ4n) is 2.92. The number of aryl methyl sites for hydroxylation is 2. The van der Waals surface area contributed by atoms with E-state index >= 15 is 0 Å². The summed E-state index contributed by atoms with van der Waals surface area (Å²) in [6.07, 6.45) is 5.21. The second-order valence-corrected chi connectivity index (χ2v) is 5.62. The van der Waals surface area contributed by atoms with E-state index in [1.165, 1.54) is 0 Å². The van der Waals surface area contributed by atoms with Crippen LogP contribution in [0.3, 0.4) is 0 Å². The molecular weight excluding hydrogens is 302 g/mol. The molecule has 6 heteroatoms. The number of imidazole rings is 1. The third kappa shape index (κ3) is 2.19. The highest BCUT2D eigenvalue weighted by atomic mass is 16.3. The molecule has 0 fully saturated rings. The summed E-state index contributed by atoms with van der Waals surface area (Å²) in [5.74, 6) is 0.340. The van der Waals surface area contributed by atoms with E-state index < -0.39 is 0 Å². The topological polar surface area (TPSA) is 75.7 Å². The summed E-state index contributed by atoms with van der Waals surface area (Å²) in [4.78, 5) is 13.1. The minimum absolute atomic E-state index is 0.0735. The molecule has 0 unspecified atom stereocenters. The van der Waals surface area contributed by atoms with Crippen molar-refractivity contribution in [1.29, 1.82) is 0 Å². The molecule has 24 heavy (non-hydrogen) atoms. The molecule has 1 aromatic carbocycles. The van der Waals surface area contributed by atoms with Crippen LogP contribution in [-0.2, 0) is 12.8 Å². The maximum absolute atomic E-state index is 10.3. The average Bonchev–Trinajstić information content (AvgIpc) is 3.15. The molecule has 0 radical (unpaired) electrons. The first-order valence-corrected chi connectivity index (χ1v) is 8.04. The van der Waals surface area contributed by atoms with Crippen LogP contribution in [0.15, 0.2) is 29.3 Å². The number of para-hydroxylation sites is 1. The SMILES string of the molecule is CCc1nc2nc(O)c(C=C3C=Nc4ccccc43)n2nc1CC. The van der Waals surface area contributed by atoms with Crippen molar-refractivity contribution in [2.45, 2.75) is 26.7 Å². The lowest BCUT2D eigenvalue weighted by molar-refractivity contribution is 0.455. The van der Waals surface area contributed by atoms with Gasteiger partial charge in [-0.3, -0.25) is 4.99 Å². The summed E-state index contributed by atoms with van der Waals surface area (Å²) in [6.45, 7) is 4.08. The first kappa shape index (κ1) is 14.6. The Bertz CT molecular complexity index is 1000. The average molecular weight is 319 g/mol. The smallest absolute Gasteiger partial charge is 0.254 e. The summed E-state index contributed by atoms with van der Waals surface area (Å²) in [5, 5.41) is 14.9. The van der Waals surface area contributed by atoms with Crippen LogP contribution in [0.1, 0.15) is 36.5 Å². The van der Waals surface area contributed by atoms with Gasteiger partial charge in [-0.2, -0.15) is 14.6 Å². The predicted molar refractivity (Wildman–Crippen MR) is 93.7 cm³/mol. The molecule has 0 aliphatic carbocycles. The van der Waals surface area contributed by atoms with Crippen molar-refractivity contribution in [3.05, 3.63) is 46.9 Å². The third-order valence-electron chi connectivity index (χ3n) is 4.16. The Morgan fingerprint density at radius 2 is 1.88 bits per heavy atom. The van der Waals surface area contributed by atoms with Crippen molar-refractivity contribution in [3.63, 3.8) is 0 Å². The van der Waals surface area contributed by atoms with Crippen LogP contribution in [0.25, 0.3) is 17.4 Å². The Labute approximate surface area is 139 Å². The monoisotopic (exact) mass is 319 g/mol. The van der Waals surface area contributed by atoms with Crippen LogP contribution in [0.2, 0.25) is 0 Å². The highest BCUT2D eigenvalue weighted by Gasteiger charge is 2.17. The lowest BCUT2D eigenvalue weighted by Gasteiger charge is -2.05. The molecule has 0 spiro atoms. The Balaban J connectivity index is 1.90. The van der Waals surface area contributed by atoms with Crippen molar-refractivity contribution in [3.8, 4) is 5.88 Å². The van der Waals surface area contributed by atoms with Gasteiger partial charge in [-0.15, -0.1) is 0 Å². The van der Waals surface area contributed by atoms with Crippen molar-refractivity contribution in [1.82, 2.24) is 19.6 Å². The van der Waals surface area contributed by atoms with E-state index in [4.69, 9.17) is 0 Å². The molecule has 0 bridgehead atoms. The van der Waals surface area contributed by atoms with Gasteiger partial charge in [-0.25, -0.2) is 4.98 Å². The molecule has 1 aliphatic heterocycles. The Kier molecular flexibility index (Phi) is 3.37. The number of hydrogen-bond donors (Lipinski definition) is 1. The summed E-state index contributed by atoms with van der Waals surface area (Å²) < 4.78 is 1.61. The number of aromatic nitrogens is 4. The van der Waals surface area contributed by atoms with Gasteiger partial charge >= 0.3 is 0 Å². The molecule has 4 rings (SSSR count). The lowest BCUT2D eigenvalue weighted by atomic mass is 10.1. The molecule has 0 saturated carbocycles. The number of benzene rings is 1. The zero-order chi connectivity index (χ0) is 16.7. The van der Waals surface area contributed by atoms with Gasteiger partial charge < -0.3 is 5.11 Å². The zero-order valence-electron chi connectivity index (χ0n) is 13.6. The van der Waals surface area contributed by atoms with Gasteiger partial charge in [0.2, 0.25) is 5.88 Å². The first-order chi connectivity index (χ1) is 11.7. The van der Waals surface area contributed by atoms with Gasteiger partial charge in [-0.05, 0) is 25.0 Å². The number of aromatic hydroxyl groups is 1. The maximum Gasteiger partial charge on any atom is 0.254 e. The molecule has 2 aromatic heterocycles. The number of hydrogen-bond acceptors (Lipinski definition) is 5. The van der Waals surface area contributed by atoms with Crippen molar-refractivity contribution >= 4 is 29.3 Å². The van der Waals surface area contributed by atoms with Crippen LogP contribution in [0.5, 0.6) is 5.88 Å². The van der Waals surface area contributed by atoms with E-state index in [0.717, 1.165) is 41.1 Å². The second-order valence-electron chi connectivity index (χ2n) is 5.62. The molecule has 0 atom stereocenters. The molecule has 3 aromatic rings. The van der Waals surface area contributed by atoms with Gasteiger partial charge in [0.1, 0.15) is 5.69 Å². The van der Waals surface area contributed by atoms with E-state index in [9.17, 15) is 5.11 Å². The van der Waals surface area contributed by atoms with E-state index in [0.29, 0.717) is 11.5 Å². The lowest BCUT2D eigenvalue weighted by Crippen LogP contribution is -2.06. The van der Waals surface area contributed by atoms with Crippen molar-refractivity contribution in [2.75, 3.05) is 0 Å². The largest absolute Gasteiger partial charge is 0.492 e. The highest BCUT2D eigenvalue weighted by molar-refractivity contribution is 6.21. The fraction of sp³-hybridized carbons (Fsp3) is 0.222. The number of aliphatic imine (C=N–C) groups is 1. The molecule has 120 valence electrons. The number of fused-ring (bicyclic) bond motifs is 2. The van der Waals surface area contributed by atoms with Crippen molar-refractivity contribution < 1.29 is 5.11 Å². The minimum Gasteiger partial charge on any atom is -0.492 e. The van der Waals surface area contributed by atoms with Gasteiger partial charge in [0.25, 0.3) is 5.78 Å². The predicted octanol–water partition coefficient (Wildman–Crippen LogP) is 3.21. The van der Waals surface area contributed by atoms with Crippen LogP contribution < -0.4 is 0 Å². The Morgan fingerprint density at radius 3 is 2.67 bits per heavy atom. The summed E-state index contributed by atoms with van der Waals surface area (Å²) in [7, 11) is 0. The molecule has 0 amide bonds. The summed E-state index contributed by atoms with van der Waals surface area (Å²) >= 11 is 0. The molecule has 6 nitrogen and oxygen atoms in total. The molecule has 1 N–H and O–H groups in total. The van der Waals surface area contributed by atoms with Crippen molar-refractivity contribution in [2.24, 2.45) is 4.99 Å². The zero-order valence-corrected chi connectivity index (χ0v) is 13.6. The Morgan fingerprint density at radius 1 is 1.08 bits per heavy atom. The van der Waals surface area contributed by atoms with Crippen LogP contribution in [-0.4, -0.2) is 30.9 Å². The fourth-order valence-corrected chi connectivity index (χ4v) is 2.92. The van der Waals surface area contributed by atoms with Crippen LogP contribution in [0, 0.1) is 0 Å². The highest BCUT2D eigenvalue weighted by Crippen LogP contribution is 2.33. The summed E-state index contributed by atoms with van der Waals surface area (Å²) in [5.41, 5.74) is 5.23. The molecule has 3 heterocycles. The van der Waals surface area contributed by atoms with E-state index in [1.807, 2.05) is 44.2 Å². The van der Waals surface area contributed by atoms with Crippen LogP contribution >= 0.6 is 0 Å². The van der Waals surface area contributed by atoms with Gasteiger partial charge in [0, 0.05) is 17.4 Å². The Hall–Kier alpha value is -3.02.